The Bertz CT molecular complexity index is 1750. The highest BCUT2D eigenvalue weighted by Crippen LogP contribution is 2.37. The molecule has 1 fully saturated rings. The number of alkyl halides is 3. The van der Waals surface area contributed by atoms with Crippen molar-refractivity contribution in [2.45, 2.75) is 51.8 Å². The number of amides is 1. The quantitative estimate of drug-likeness (QED) is 0.159. The predicted molar refractivity (Wildman–Crippen MR) is 187 cm³/mol. The van der Waals surface area contributed by atoms with Gasteiger partial charge in [0.15, 0.2) is 0 Å². The lowest BCUT2D eigenvalue weighted by Gasteiger charge is -2.37. The van der Waals surface area contributed by atoms with E-state index in [1.54, 1.807) is 31.2 Å². The van der Waals surface area contributed by atoms with Gasteiger partial charge in [-0.2, -0.15) is 13.2 Å². The van der Waals surface area contributed by atoms with Crippen molar-refractivity contribution in [2.75, 3.05) is 29.9 Å². The summed E-state index contributed by atoms with van der Waals surface area (Å²) >= 11 is 0. The smallest absolute Gasteiger partial charge is 0.416 e. The second kappa shape index (κ2) is 16.1. The van der Waals surface area contributed by atoms with Gasteiger partial charge in [-0.15, -0.1) is 0 Å². The SMILES string of the molecule is CCOC(=O)C(OC(=O)C(c1ccccc1)C1CCN(c2ccc(NC(=O)c3ccccc3-c3ccc(C(F)(F)F)cc3)cc2)CC1)C(C)C. The molecular formula is C40H41F3N2O5. The van der Waals surface area contributed by atoms with Crippen LogP contribution in [0.5, 0.6) is 0 Å². The molecule has 1 aliphatic heterocycles. The molecule has 5 rings (SSSR count). The number of anilines is 2. The molecule has 0 saturated carbocycles. The van der Waals surface area contributed by atoms with E-state index in [0.717, 1.165) is 36.2 Å². The van der Waals surface area contributed by atoms with Crippen LogP contribution >= 0.6 is 0 Å². The number of benzene rings is 4. The second-order valence-corrected chi connectivity index (χ2v) is 12.7. The maximum absolute atomic E-state index is 13.7. The minimum absolute atomic E-state index is 0.000507. The summed E-state index contributed by atoms with van der Waals surface area (Å²) in [5.41, 5.74) is 3.00. The normalized spacial score (nSPS) is 14.9. The van der Waals surface area contributed by atoms with Crippen LogP contribution in [0, 0.1) is 11.8 Å². The molecule has 4 aromatic rings. The van der Waals surface area contributed by atoms with E-state index < -0.39 is 35.7 Å². The van der Waals surface area contributed by atoms with Gasteiger partial charge in [-0.3, -0.25) is 9.59 Å². The summed E-state index contributed by atoms with van der Waals surface area (Å²) in [6.45, 7) is 6.95. The fourth-order valence-corrected chi connectivity index (χ4v) is 6.36. The van der Waals surface area contributed by atoms with Crippen molar-refractivity contribution in [2.24, 2.45) is 11.8 Å². The van der Waals surface area contributed by atoms with Crippen molar-refractivity contribution in [3.8, 4) is 11.1 Å². The van der Waals surface area contributed by atoms with Crippen molar-refractivity contribution in [3.05, 3.63) is 120 Å². The van der Waals surface area contributed by atoms with Crippen LogP contribution in [0.2, 0.25) is 0 Å². The molecule has 0 bridgehead atoms. The molecule has 1 saturated heterocycles. The topological polar surface area (TPSA) is 84.9 Å². The summed E-state index contributed by atoms with van der Waals surface area (Å²) < 4.78 is 50.2. The highest BCUT2D eigenvalue weighted by atomic mass is 19.4. The molecule has 10 heteroatoms. The molecule has 0 radical (unpaired) electrons. The summed E-state index contributed by atoms with van der Waals surface area (Å²) in [5.74, 6) is -2.12. The fraction of sp³-hybridized carbons (Fsp3) is 0.325. The molecule has 4 aromatic carbocycles. The van der Waals surface area contributed by atoms with Crippen molar-refractivity contribution < 1.29 is 37.0 Å². The molecule has 1 heterocycles. The molecule has 0 spiro atoms. The van der Waals surface area contributed by atoms with Gasteiger partial charge in [0.2, 0.25) is 6.10 Å². The van der Waals surface area contributed by atoms with Crippen molar-refractivity contribution in [1.29, 1.82) is 0 Å². The van der Waals surface area contributed by atoms with Crippen LogP contribution in [-0.2, 0) is 25.2 Å². The first-order valence-electron chi connectivity index (χ1n) is 16.8. The number of rotatable bonds is 11. The Morgan fingerprint density at radius 3 is 2.04 bits per heavy atom. The van der Waals surface area contributed by atoms with Crippen molar-refractivity contribution >= 4 is 29.2 Å². The van der Waals surface area contributed by atoms with Gasteiger partial charge in [-0.05, 0) is 84.8 Å². The Morgan fingerprint density at radius 1 is 0.820 bits per heavy atom. The Labute approximate surface area is 290 Å². The third kappa shape index (κ3) is 8.72. The maximum Gasteiger partial charge on any atom is 0.416 e. The van der Waals surface area contributed by atoms with E-state index >= 15 is 0 Å². The number of hydrogen-bond acceptors (Lipinski definition) is 6. The first-order valence-corrected chi connectivity index (χ1v) is 16.8. The number of nitrogens with zero attached hydrogens (tertiary/aromatic N) is 1. The summed E-state index contributed by atoms with van der Waals surface area (Å²) in [4.78, 5) is 41.8. The molecular weight excluding hydrogens is 645 g/mol. The lowest BCUT2D eigenvalue weighted by Crippen LogP contribution is -2.40. The van der Waals surface area contributed by atoms with E-state index in [1.165, 1.54) is 12.1 Å². The van der Waals surface area contributed by atoms with Crippen LogP contribution in [-0.4, -0.2) is 43.6 Å². The van der Waals surface area contributed by atoms with Gasteiger partial charge in [0.25, 0.3) is 5.91 Å². The zero-order valence-corrected chi connectivity index (χ0v) is 28.3. The fourth-order valence-electron chi connectivity index (χ4n) is 6.36. The lowest BCUT2D eigenvalue weighted by atomic mass is 9.80. The van der Waals surface area contributed by atoms with E-state index in [0.29, 0.717) is 35.5 Å². The first-order chi connectivity index (χ1) is 24.0. The highest BCUT2D eigenvalue weighted by Gasteiger charge is 2.37. The number of esters is 2. The Balaban J connectivity index is 1.24. The number of piperidine rings is 1. The predicted octanol–water partition coefficient (Wildman–Crippen LogP) is 8.76. The van der Waals surface area contributed by atoms with Gasteiger partial charge in [-0.1, -0.05) is 74.5 Å². The molecule has 0 aromatic heterocycles. The third-order valence-corrected chi connectivity index (χ3v) is 8.98. The number of halogens is 3. The molecule has 1 amide bonds. The molecule has 0 aliphatic carbocycles. The van der Waals surface area contributed by atoms with Gasteiger partial charge in [0, 0.05) is 35.9 Å². The molecule has 50 heavy (non-hydrogen) atoms. The summed E-state index contributed by atoms with van der Waals surface area (Å²) in [7, 11) is 0. The van der Waals surface area contributed by atoms with Gasteiger partial charge in [0.05, 0.1) is 18.1 Å². The number of nitrogens with one attached hydrogen (secondary N) is 1. The summed E-state index contributed by atoms with van der Waals surface area (Å²) in [6.07, 6.45) is -3.98. The van der Waals surface area contributed by atoms with Crippen LogP contribution in [0.4, 0.5) is 24.5 Å². The maximum atomic E-state index is 13.7. The monoisotopic (exact) mass is 686 g/mol. The molecule has 2 unspecified atom stereocenters. The largest absolute Gasteiger partial charge is 0.463 e. The average Bonchev–Trinajstić information content (AvgIpc) is 3.11. The standard InChI is InChI=1S/C40H41F3N2O5/c1-4-49-39(48)36(26(2)3)50-38(47)35(28-10-6-5-7-11-28)29-22-24-45(25-23-29)32-20-18-31(19-21-32)44-37(46)34-13-9-8-12-33(34)27-14-16-30(17-15-27)40(41,42)43/h5-21,26,29,35-36H,4,22-25H2,1-3H3,(H,44,46). The van der Waals surface area contributed by atoms with Gasteiger partial charge in [-0.25, -0.2) is 4.79 Å². The lowest BCUT2D eigenvalue weighted by molar-refractivity contribution is -0.172. The zero-order valence-electron chi connectivity index (χ0n) is 28.3. The number of hydrogen-bond donors (Lipinski definition) is 1. The molecule has 2 atom stereocenters. The van der Waals surface area contributed by atoms with Crippen LogP contribution in [0.25, 0.3) is 11.1 Å². The van der Waals surface area contributed by atoms with E-state index in [2.05, 4.69) is 10.2 Å². The Kier molecular flexibility index (Phi) is 11.6. The zero-order chi connectivity index (χ0) is 35.8. The average molecular weight is 687 g/mol. The van der Waals surface area contributed by atoms with Gasteiger partial charge < -0.3 is 19.7 Å². The van der Waals surface area contributed by atoms with Crippen LogP contribution in [0.15, 0.2) is 103 Å². The van der Waals surface area contributed by atoms with Crippen LogP contribution in [0.1, 0.15) is 61.0 Å². The molecule has 262 valence electrons. The minimum atomic E-state index is -4.44. The summed E-state index contributed by atoms with van der Waals surface area (Å²) in [6, 6.07) is 28.5. The van der Waals surface area contributed by atoms with Gasteiger partial charge in [0.1, 0.15) is 0 Å². The molecule has 1 N–H and O–H groups in total. The van der Waals surface area contributed by atoms with E-state index in [4.69, 9.17) is 9.47 Å². The number of carbonyl (C=O) groups excluding carboxylic acids is 3. The summed E-state index contributed by atoms with van der Waals surface area (Å²) in [5, 5.41) is 2.90. The van der Waals surface area contributed by atoms with E-state index in [9.17, 15) is 27.6 Å². The van der Waals surface area contributed by atoms with E-state index in [1.807, 2.05) is 68.4 Å². The molecule has 7 nitrogen and oxygen atoms in total. The van der Waals surface area contributed by atoms with Crippen LogP contribution in [0.3, 0.4) is 0 Å². The van der Waals surface area contributed by atoms with Gasteiger partial charge >= 0.3 is 18.1 Å². The first kappa shape index (κ1) is 36.2. The van der Waals surface area contributed by atoms with E-state index in [-0.39, 0.29) is 24.3 Å². The third-order valence-electron chi connectivity index (χ3n) is 8.98. The van der Waals surface area contributed by atoms with Crippen molar-refractivity contribution in [3.63, 3.8) is 0 Å². The minimum Gasteiger partial charge on any atom is -0.463 e. The highest BCUT2D eigenvalue weighted by molar-refractivity contribution is 6.08. The van der Waals surface area contributed by atoms with Crippen molar-refractivity contribution in [1.82, 2.24) is 0 Å². The Morgan fingerprint density at radius 2 is 1.44 bits per heavy atom. The Hall–Kier alpha value is -5.12. The second-order valence-electron chi connectivity index (χ2n) is 12.7. The van der Waals surface area contributed by atoms with Crippen LogP contribution < -0.4 is 10.2 Å². The number of ether oxygens (including phenoxy) is 2. The molecule has 1 aliphatic rings. The number of carbonyl (C=O) groups is 3.